The summed E-state index contributed by atoms with van der Waals surface area (Å²) in [6.45, 7) is 2.15. The van der Waals surface area contributed by atoms with Gasteiger partial charge in [0.1, 0.15) is 12.4 Å². The molecule has 158 valence electrons. The Hall–Kier alpha value is -3.26. The Balaban J connectivity index is 1.62. The van der Waals surface area contributed by atoms with Crippen molar-refractivity contribution >= 4 is 5.97 Å². The van der Waals surface area contributed by atoms with Crippen molar-refractivity contribution in [1.29, 1.82) is 0 Å². The van der Waals surface area contributed by atoms with E-state index < -0.39 is 12.1 Å². The number of unbranched alkanes of at least 4 members (excludes halogenated alkanes) is 2. The summed E-state index contributed by atoms with van der Waals surface area (Å²) in [5, 5.41) is 30.9. The molecule has 1 heterocycles. The lowest BCUT2D eigenvalue weighted by Gasteiger charge is -2.13. The quantitative estimate of drug-likeness (QED) is 0.465. The minimum absolute atomic E-state index is 0.337. The third-order valence-electron chi connectivity index (χ3n) is 4.64. The molecular formula is C22H26N4O4. The van der Waals surface area contributed by atoms with Gasteiger partial charge in [0.05, 0.1) is 6.10 Å². The number of hydrogen-bond acceptors (Lipinski definition) is 6. The summed E-state index contributed by atoms with van der Waals surface area (Å²) < 4.78 is 5.91. The first kappa shape index (κ1) is 21.4. The molecule has 0 fully saturated rings. The predicted octanol–water partition coefficient (Wildman–Crippen LogP) is 3.62. The van der Waals surface area contributed by atoms with E-state index in [4.69, 9.17) is 9.84 Å². The van der Waals surface area contributed by atoms with Crippen molar-refractivity contribution in [3.63, 3.8) is 0 Å². The molecule has 0 saturated heterocycles. The number of carbonyl (C=O) groups is 1. The van der Waals surface area contributed by atoms with Gasteiger partial charge in [0.15, 0.2) is 6.54 Å². The third kappa shape index (κ3) is 6.12. The van der Waals surface area contributed by atoms with Gasteiger partial charge in [-0.15, -0.1) is 10.2 Å². The maximum absolute atomic E-state index is 10.8. The Labute approximate surface area is 175 Å². The second-order valence-electron chi connectivity index (χ2n) is 7.11. The Bertz CT molecular complexity index is 973. The van der Waals surface area contributed by atoms with Crippen molar-refractivity contribution in [2.75, 3.05) is 0 Å². The lowest BCUT2D eigenvalue weighted by molar-refractivity contribution is -0.138. The molecule has 3 aromatic rings. The van der Waals surface area contributed by atoms with Crippen molar-refractivity contribution in [3.05, 3.63) is 59.7 Å². The summed E-state index contributed by atoms with van der Waals surface area (Å²) in [5.41, 5.74) is 2.50. The van der Waals surface area contributed by atoms with Gasteiger partial charge in [0.2, 0.25) is 5.82 Å². The summed E-state index contributed by atoms with van der Waals surface area (Å²) in [4.78, 5) is 11.8. The minimum atomic E-state index is -1.03. The van der Waals surface area contributed by atoms with Crippen molar-refractivity contribution in [3.8, 4) is 17.1 Å². The van der Waals surface area contributed by atoms with Crippen LogP contribution in [0.2, 0.25) is 0 Å². The molecule has 2 N–H and O–H groups in total. The molecule has 30 heavy (non-hydrogen) atoms. The highest BCUT2D eigenvalue weighted by atomic mass is 16.5. The monoisotopic (exact) mass is 410 g/mol. The van der Waals surface area contributed by atoms with Gasteiger partial charge in [-0.3, -0.25) is 4.79 Å². The first-order valence-corrected chi connectivity index (χ1v) is 10.0. The number of aromatic nitrogens is 4. The number of tetrazole rings is 1. The smallest absolute Gasteiger partial charge is 0.327 e. The van der Waals surface area contributed by atoms with Crippen LogP contribution in [0.1, 0.15) is 49.8 Å². The molecule has 8 nitrogen and oxygen atoms in total. The van der Waals surface area contributed by atoms with Crippen LogP contribution in [0.15, 0.2) is 48.5 Å². The highest BCUT2D eigenvalue weighted by molar-refractivity contribution is 5.66. The third-order valence-corrected chi connectivity index (χ3v) is 4.64. The topological polar surface area (TPSA) is 110 Å². The first-order chi connectivity index (χ1) is 14.5. The van der Waals surface area contributed by atoms with Crippen LogP contribution in [-0.4, -0.2) is 36.4 Å². The number of rotatable bonds is 11. The predicted molar refractivity (Wildman–Crippen MR) is 111 cm³/mol. The zero-order chi connectivity index (χ0) is 21.3. The van der Waals surface area contributed by atoms with Gasteiger partial charge < -0.3 is 14.9 Å². The number of ether oxygens (including phenoxy) is 1. The molecule has 1 unspecified atom stereocenters. The molecule has 1 aromatic heterocycles. The van der Waals surface area contributed by atoms with Crippen LogP contribution >= 0.6 is 0 Å². The molecule has 1 atom stereocenters. The normalized spacial score (nSPS) is 11.9. The van der Waals surface area contributed by atoms with E-state index in [1.165, 1.54) is 0 Å². The van der Waals surface area contributed by atoms with Gasteiger partial charge in [-0.05, 0) is 41.0 Å². The van der Waals surface area contributed by atoms with Gasteiger partial charge in [-0.1, -0.05) is 56.5 Å². The van der Waals surface area contributed by atoms with E-state index in [9.17, 15) is 9.90 Å². The fourth-order valence-electron chi connectivity index (χ4n) is 3.08. The molecule has 0 aliphatic carbocycles. The van der Waals surface area contributed by atoms with E-state index in [0.29, 0.717) is 18.2 Å². The molecule has 0 spiro atoms. The van der Waals surface area contributed by atoms with E-state index in [1.54, 1.807) is 0 Å². The molecule has 0 amide bonds. The van der Waals surface area contributed by atoms with Crippen LogP contribution in [0.5, 0.6) is 5.75 Å². The van der Waals surface area contributed by atoms with E-state index in [-0.39, 0.29) is 6.54 Å². The molecule has 0 aliphatic heterocycles. The number of hydrogen-bond donors (Lipinski definition) is 2. The van der Waals surface area contributed by atoms with Crippen molar-refractivity contribution in [2.45, 2.75) is 51.9 Å². The Morgan fingerprint density at radius 2 is 2.00 bits per heavy atom. The Kier molecular flexibility index (Phi) is 7.51. The van der Waals surface area contributed by atoms with E-state index in [1.807, 2.05) is 48.5 Å². The van der Waals surface area contributed by atoms with E-state index >= 15 is 0 Å². The van der Waals surface area contributed by atoms with Gasteiger partial charge in [-0.2, -0.15) is 4.80 Å². The molecule has 8 heteroatoms. The first-order valence-electron chi connectivity index (χ1n) is 10.0. The number of aliphatic hydroxyl groups is 1. The molecule has 0 aliphatic rings. The fourth-order valence-corrected chi connectivity index (χ4v) is 3.08. The highest BCUT2D eigenvalue weighted by Crippen LogP contribution is 2.24. The van der Waals surface area contributed by atoms with Crippen LogP contribution in [-0.2, 0) is 17.9 Å². The lowest BCUT2D eigenvalue weighted by atomic mass is 10.0. The van der Waals surface area contributed by atoms with Crippen molar-refractivity contribution in [1.82, 2.24) is 20.2 Å². The molecule has 3 rings (SSSR count). The number of benzene rings is 2. The molecule has 0 radical (unpaired) electrons. The van der Waals surface area contributed by atoms with Gasteiger partial charge >= 0.3 is 5.97 Å². The minimum Gasteiger partial charge on any atom is -0.489 e. The SMILES string of the molecule is CCCCCC(O)c1cccc(OCc2cccc(-c3nnn(CC(=O)O)n3)c2)c1. The van der Waals surface area contributed by atoms with Crippen LogP contribution < -0.4 is 4.74 Å². The standard InChI is InChI=1S/C22H26N4O4/c1-2-3-4-11-20(27)17-8-6-10-19(13-17)30-15-16-7-5-9-18(12-16)22-23-25-26(24-22)14-21(28)29/h5-10,12-13,20,27H,2-4,11,14-15H2,1H3,(H,28,29). The van der Waals surface area contributed by atoms with E-state index in [2.05, 4.69) is 22.3 Å². The lowest BCUT2D eigenvalue weighted by Crippen LogP contribution is -2.11. The number of nitrogens with zero attached hydrogens (tertiary/aromatic N) is 4. The zero-order valence-electron chi connectivity index (χ0n) is 16.9. The second-order valence-corrected chi connectivity index (χ2v) is 7.11. The van der Waals surface area contributed by atoms with Gasteiger partial charge in [-0.25, -0.2) is 0 Å². The molecular weight excluding hydrogens is 384 g/mol. The fraction of sp³-hybridized carbons (Fsp3) is 0.364. The average molecular weight is 410 g/mol. The van der Waals surface area contributed by atoms with Crippen molar-refractivity contribution in [2.24, 2.45) is 0 Å². The largest absolute Gasteiger partial charge is 0.489 e. The van der Waals surface area contributed by atoms with Crippen LogP contribution in [0, 0.1) is 0 Å². The maximum atomic E-state index is 10.8. The van der Waals surface area contributed by atoms with Crippen molar-refractivity contribution < 1.29 is 19.7 Å². The summed E-state index contributed by atoms with van der Waals surface area (Å²) in [6.07, 6.45) is 3.50. The summed E-state index contributed by atoms with van der Waals surface area (Å²) in [6, 6.07) is 15.0. The zero-order valence-corrected chi connectivity index (χ0v) is 16.9. The van der Waals surface area contributed by atoms with Crippen LogP contribution in [0.3, 0.4) is 0 Å². The number of aliphatic carboxylic acids is 1. The Morgan fingerprint density at radius 3 is 2.80 bits per heavy atom. The van der Waals surface area contributed by atoms with Gasteiger partial charge in [0, 0.05) is 5.56 Å². The van der Waals surface area contributed by atoms with E-state index in [0.717, 1.165) is 47.2 Å². The Morgan fingerprint density at radius 1 is 1.17 bits per heavy atom. The molecule has 0 bridgehead atoms. The molecule has 0 saturated carbocycles. The second kappa shape index (κ2) is 10.5. The number of aliphatic hydroxyl groups excluding tert-OH is 1. The van der Waals surface area contributed by atoms with Crippen LogP contribution in [0.25, 0.3) is 11.4 Å². The summed E-state index contributed by atoms with van der Waals surface area (Å²) in [7, 11) is 0. The summed E-state index contributed by atoms with van der Waals surface area (Å²) >= 11 is 0. The number of carboxylic acid groups (broad SMARTS) is 1. The average Bonchev–Trinajstić information content (AvgIpc) is 3.20. The van der Waals surface area contributed by atoms with Crippen LogP contribution in [0.4, 0.5) is 0 Å². The maximum Gasteiger partial charge on any atom is 0.327 e. The van der Waals surface area contributed by atoms with Gasteiger partial charge in [0.25, 0.3) is 0 Å². The summed E-state index contributed by atoms with van der Waals surface area (Å²) in [5.74, 6) is 0.0204. The number of carboxylic acids is 1. The molecule has 2 aromatic carbocycles. The highest BCUT2D eigenvalue weighted by Gasteiger charge is 2.10.